The molecule has 1 saturated heterocycles. The fraction of sp³-hybridized carbons (Fsp3) is 0.625. The second-order valence-corrected chi connectivity index (χ2v) is 5.68. The van der Waals surface area contributed by atoms with E-state index in [-0.39, 0.29) is 6.42 Å². The molecule has 0 aliphatic carbocycles. The Labute approximate surface area is 126 Å². The standard InChI is InChI=1S/C16H25N3O2/c20-16(21)6-10-19(14-15-5-4-7-17-13-15)12-11-18-8-2-1-3-9-18/h4-5,7,13H,1-3,6,8-12,14H2,(H,20,21). The van der Waals surface area contributed by atoms with Crippen molar-refractivity contribution in [2.75, 3.05) is 32.7 Å². The maximum Gasteiger partial charge on any atom is 0.304 e. The number of carboxylic acids is 1. The van der Waals surface area contributed by atoms with Crippen LogP contribution < -0.4 is 0 Å². The first-order chi connectivity index (χ1) is 10.2. The van der Waals surface area contributed by atoms with Crippen LogP contribution in [0.15, 0.2) is 24.5 Å². The summed E-state index contributed by atoms with van der Waals surface area (Å²) in [6.45, 7) is 5.68. The van der Waals surface area contributed by atoms with Gasteiger partial charge in [-0.25, -0.2) is 0 Å². The number of carboxylic acid groups (broad SMARTS) is 1. The first-order valence-corrected chi connectivity index (χ1v) is 7.79. The monoisotopic (exact) mass is 291 g/mol. The fourth-order valence-corrected chi connectivity index (χ4v) is 2.74. The molecule has 2 heterocycles. The van der Waals surface area contributed by atoms with E-state index < -0.39 is 5.97 Å². The van der Waals surface area contributed by atoms with Gasteiger partial charge in [0.1, 0.15) is 0 Å². The quantitative estimate of drug-likeness (QED) is 0.792. The normalized spacial score (nSPS) is 16.2. The van der Waals surface area contributed by atoms with Gasteiger partial charge < -0.3 is 10.0 Å². The van der Waals surface area contributed by atoms with Crippen LogP contribution >= 0.6 is 0 Å². The van der Waals surface area contributed by atoms with Crippen LogP contribution in [0.3, 0.4) is 0 Å². The zero-order chi connectivity index (χ0) is 14.9. The number of aromatic nitrogens is 1. The van der Waals surface area contributed by atoms with Crippen molar-refractivity contribution < 1.29 is 9.90 Å². The minimum atomic E-state index is -0.732. The lowest BCUT2D eigenvalue weighted by Gasteiger charge is -2.29. The summed E-state index contributed by atoms with van der Waals surface area (Å²) in [4.78, 5) is 19.7. The largest absolute Gasteiger partial charge is 0.481 e. The van der Waals surface area contributed by atoms with Gasteiger partial charge in [-0.2, -0.15) is 0 Å². The third-order valence-corrected chi connectivity index (χ3v) is 3.95. The van der Waals surface area contributed by atoms with E-state index in [9.17, 15) is 4.79 Å². The molecule has 1 aromatic heterocycles. The number of likely N-dealkylation sites (tertiary alicyclic amines) is 1. The first-order valence-electron chi connectivity index (χ1n) is 7.79. The molecule has 1 fully saturated rings. The summed E-state index contributed by atoms with van der Waals surface area (Å²) in [5, 5.41) is 8.90. The zero-order valence-electron chi connectivity index (χ0n) is 12.6. The molecular weight excluding hydrogens is 266 g/mol. The molecule has 0 amide bonds. The molecule has 5 nitrogen and oxygen atoms in total. The number of piperidine rings is 1. The molecule has 1 aliphatic heterocycles. The highest BCUT2D eigenvalue weighted by molar-refractivity contribution is 5.66. The van der Waals surface area contributed by atoms with Gasteiger partial charge in [-0.05, 0) is 37.6 Å². The van der Waals surface area contributed by atoms with E-state index in [1.54, 1.807) is 6.20 Å². The van der Waals surface area contributed by atoms with Gasteiger partial charge in [-0.15, -0.1) is 0 Å². The molecular formula is C16H25N3O2. The minimum Gasteiger partial charge on any atom is -0.481 e. The van der Waals surface area contributed by atoms with Crippen LogP contribution in [0.25, 0.3) is 0 Å². The number of rotatable bonds is 8. The van der Waals surface area contributed by atoms with Crippen LogP contribution in [0.4, 0.5) is 0 Å². The van der Waals surface area contributed by atoms with Crippen LogP contribution in [0.1, 0.15) is 31.2 Å². The first kappa shape index (κ1) is 15.9. The predicted molar refractivity (Wildman–Crippen MR) is 82.1 cm³/mol. The molecule has 1 aromatic rings. The Morgan fingerprint density at radius 3 is 2.76 bits per heavy atom. The van der Waals surface area contributed by atoms with Gasteiger partial charge in [-0.3, -0.25) is 14.7 Å². The lowest BCUT2D eigenvalue weighted by molar-refractivity contribution is -0.137. The van der Waals surface area contributed by atoms with Crippen molar-refractivity contribution in [1.29, 1.82) is 0 Å². The lowest BCUT2D eigenvalue weighted by atomic mass is 10.1. The van der Waals surface area contributed by atoms with E-state index in [2.05, 4.69) is 14.8 Å². The Hall–Kier alpha value is -1.46. The maximum absolute atomic E-state index is 10.8. The molecule has 5 heteroatoms. The number of hydrogen-bond acceptors (Lipinski definition) is 4. The number of carbonyl (C=O) groups is 1. The molecule has 0 unspecified atom stereocenters. The van der Waals surface area contributed by atoms with Gasteiger partial charge in [0, 0.05) is 38.6 Å². The third-order valence-electron chi connectivity index (χ3n) is 3.95. The highest BCUT2D eigenvalue weighted by Gasteiger charge is 2.13. The van der Waals surface area contributed by atoms with Crippen LogP contribution in [-0.2, 0) is 11.3 Å². The number of aliphatic carboxylic acids is 1. The van der Waals surface area contributed by atoms with Gasteiger partial charge >= 0.3 is 5.97 Å². The van der Waals surface area contributed by atoms with Gasteiger partial charge in [-0.1, -0.05) is 12.5 Å². The lowest BCUT2D eigenvalue weighted by Crippen LogP contribution is -2.38. The van der Waals surface area contributed by atoms with Crippen molar-refractivity contribution in [2.24, 2.45) is 0 Å². The average molecular weight is 291 g/mol. The molecule has 0 saturated carbocycles. The smallest absolute Gasteiger partial charge is 0.304 e. The van der Waals surface area contributed by atoms with Crippen molar-refractivity contribution in [3.05, 3.63) is 30.1 Å². The molecule has 0 radical (unpaired) electrons. The highest BCUT2D eigenvalue weighted by atomic mass is 16.4. The average Bonchev–Trinajstić information content (AvgIpc) is 2.52. The molecule has 0 spiro atoms. The number of hydrogen-bond donors (Lipinski definition) is 1. The Balaban J connectivity index is 1.83. The third kappa shape index (κ3) is 6.23. The Morgan fingerprint density at radius 1 is 1.29 bits per heavy atom. The molecule has 0 bridgehead atoms. The van der Waals surface area contributed by atoms with Crippen molar-refractivity contribution in [2.45, 2.75) is 32.2 Å². The van der Waals surface area contributed by atoms with Crippen molar-refractivity contribution in [3.8, 4) is 0 Å². The number of pyridine rings is 1. The zero-order valence-corrected chi connectivity index (χ0v) is 12.6. The maximum atomic E-state index is 10.8. The van der Waals surface area contributed by atoms with Gasteiger partial charge in [0.25, 0.3) is 0 Å². The Morgan fingerprint density at radius 2 is 2.10 bits per heavy atom. The van der Waals surface area contributed by atoms with Crippen molar-refractivity contribution in [1.82, 2.24) is 14.8 Å². The fourth-order valence-electron chi connectivity index (χ4n) is 2.74. The summed E-state index contributed by atoms with van der Waals surface area (Å²) in [6.07, 6.45) is 7.73. The summed E-state index contributed by atoms with van der Waals surface area (Å²) in [7, 11) is 0. The van der Waals surface area contributed by atoms with Crippen LogP contribution in [0.2, 0.25) is 0 Å². The Kier molecular flexibility index (Phi) is 6.63. The number of nitrogens with zero attached hydrogens (tertiary/aromatic N) is 3. The summed E-state index contributed by atoms with van der Waals surface area (Å²) >= 11 is 0. The molecule has 116 valence electrons. The van der Waals surface area contributed by atoms with Crippen molar-refractivity contribution in [3.63, 3.8) is 0 Å². The van der Waals surface area contributed by atoms with E-state index in [0.29, 0.717) is 6.54 Å². The van der Waals surface area contributed by atoms with Crippen molar-refractivity contribution >= 4 is 5.97 Å². The highest BCUT2D eigenvalue weighted by Crippen LogP contribution is 2.09. The van der Waals surface area contributed by atoms with E-state index in [0.717, 1.165) is 25.2 Å². The predicted octanol–water partition coefficient (Wildman–Crippen LogP) is 1.84. The molecule has 0 atom stereocenters. The van der Waals surface area contributed by atoms with E-state index >= 15 is 0 Å². The molecule has 1 aliphatic rings. The van der Waals surface area contributed by atoms with Crippen LogP contribution in [0, 0.1) is 0 Å². The van der Waals surface area contributed by atoms with Gasteiger partial charge in [0.2, 0.25) is 0 Å². The molecule has 21 heavy (non-hydrogen) atoms. The van der Waals surface area contributed by atoms with E-state index in [1.165, 1.54) is 32.4 Å². The SMILES string of the molecule is O=C(O)CCN(CCN1CCCCC1)Cc1cccnc1. The molecule has 1 N–H and O–H groups in total. The molecule has 0 aromatic carbocycles. The van der Waals surface area contributed by atoms with Crippen LogP contribution in [-0.4, -0.2) is 58.6 Å². The van der Waals surface area contributed by atoms with Crippen LogP contribution in [0.5, 0.6) is 0 Å². The van der Waals surface area contributed by atoms with E-state index in [1.807, 2.05) is 18.3 Å². The molecule has 2 rings (SSSR count). The topological polar surface area (TPSA) is 56.7 Å². The minimum absolute atomic E-state index is 0.195. The summed E-state index contributed by atoms with van der Waals surface area (Å²) in [5.41, 5.74) is 1.14. The van der Waals surface area contributed by atoms with Gasteiger partial charge in [0.15, 0.2) is 0 Å². The summed E-state index contributed by atoms with van der Waals surface area (Å²) in [6, 6.07) is 3.97. The second-order valence-electron chi connectivity index (χ2n) is 5.68. The second kappa shape index (κ2) is 8.74. The van der Waals surface area contributed by atoms with E-state index in [4.69, 9.17) is 5.11 Å². The summed E-state index contributed by atoms with van der Waals surface area (Å²) < 4.78 is 0. The van der Waals surface area contributed by atoms with Gasteiger partial charge in [0.05, 0.1) is 6.42 Å². The Bertz CT molecular complexity index is 419. The summed E-state index contributed by atoms with van der Waals surface area (Å²) in [5.74, 6) is -0.732.